The lowest BCUT2D eigenvalue weighted by molar-refractivity contribution is 0.0130. The topological polar surface area (TPSA) is 58.6 Å². The molecule has 0 aliphatic carbocycles. The number of hydrogen-bond donors (Lipinski definition) is 0. The standard InChI is InChI=1S/C16H24Cl2N4O2/c1-16(2,3)24-15(23)21(4)12-6-5-7-22(10-12)9-11-8-19-14(18)20-13(11)17/h8,12H,5-7,9-10H2,1-4H3. The minimum Gasteiger partial charge on any atom is -0.444 e. The van der Waals surface area contributed by atoms with Gasteiger partial charge in [-0.25, -0.2) is 14.8 Å². The molecule has 134 valence electrons. The molecule has 1 fully saturated rings. The number of carbonyl (C=O) groups excluding carboxylic acids is 1. The lowest BCUT2D eigenvalue weighted by atomic mass is 10.0. The van der Waals surface area contributed by atoms with Crippen molar-refractivity contribution in [3.8, 4) is 0 Å². The Hall–Kier alpha value is -1.11. The first-order valence-corrected chi connectivity index (χ1v) is 8.76. The van der Waals surface area contributed by atoms with Crippen LogP contribution in [0.4, 0.5) is 4.79 Å². The van der Waals surface area contributed by atoms with Crippen molar-refractivity contribution in [3.05, 3.63) is 22.2 Å². The van der Waals surface area contributed by atoms with Crippen molar-refractivity contribution in [1.82, 2.24) is 19.8 Å². The number of likely N-dealkylation sites (N-methyl/N-ethyl adjacent to an activating group) is 1. The van der Waals surface area contributed by atoms with Gasteiger partial charge in [-0.05, 0) is 51.8 Å². The van der Waals surface area contributed by atoms with Crippen LogP contribution >= 0.6 is 23.2 Å². The Balaban J connectivity index is 1.97. The largest absolute Gasteiger partial charge is 0.444 e. The molecule has 0 aromatic carbocycles. The molecule has 1 saturated heterocycles. The van der Waals surface area contributed by atoms with E-state index in [0.717, 1.165) is 31.5 Å². The van der Waals surface area contributed by atoms with Gasteiger partial charge in [-0.3, -0.25) is 4.90 Å². The second kappa shape index (κ2) is 7.85. The Labute approximate surface area is 153 Å². The molecule has 2 heterocycles. The van der Waals surface area contributed by atoms with Crippen LogP contribution in [-0.4, -0.2) is 57.6 Å². The van der Waals surface area contributed by atoms with Crippen molar-refractivity contribution in [3.63, 3.8) is 0 Å². The van der Waals surface area contributed by atoms with Crippen LogP contribution in [0.1, 0.15) is 39.2 Å². The quantitative estimate of drug-likeness (QED) is 0.597. The van der Waals surface area contributed by atoms with Crippen LogP contribution in [0.2, 0.25) is 10.4 Å². The summed E-state index contributed by atoms with van der Waals surface area (Å²) in [6.07, 6.45) is 3.32. The minimum absolute atomic E-state index is 0.112. The third kappa shape index (κ3) is 5.46. The molecule has 24 heavy (non-hydrogen) atoms. The molecule has 1 aliphatic rings. The Morgan fingerprint density at radius 2 is 2.17 bits per heavy atom. The van der Waals surface area contributed by atoms with Gasteiger partial charge in [0.05, 0.1) is 0 Å². The SMILES string of the molecule is CN(C(=O)OC(C)(C)C)C1CCCN(Cc2cnc(Cl)nc2Cl)C1. The highest BCUT2D eigenvalue weighted by atomic mass is 35.5. The number of halogens is 2. The Bertz CT molecular complexity index is 592. The molecular weight excluding hydrogens is 351 g/mol. The zero-order valence-corrected chi connectivity index (χ0v) is 16.1. The molecule has 1 aliphatic heterocycles. The molecule has 0 saturated carbocycles. The van der Waals surface area contributed by atoms with E-state index < -0.39 is 5.60 Å². The summed E-state index contributed by atoms with van der Waals surface area (Å²) in [6.45, 7) is 7.94. The fraction of sp³-hybridized carbons (Fsp3) is 0.688. The number of aromatic nitrogens is 2. The Morgan fingerprint density at radius 1 is 1.46 bits per heavy atom. The first kappa shape index (κ1) is 19.2. The summed E-state index contributed by atoms with van der Waals surface area (Å²) in [5.41, 5.74) is 0.343. The van der Waals surface area contributed by atoms with Gasteiger partial charge in [0.25, 0.3) is 0 Å². The summed E-state index contributed by atoms with van der Waals surface area (Å²) in [5.74, 6) is 0. The molecule has 0 N–H and O–H groups in total. The van der Waals surface area contributed by atoms with Crippen LogP contribution in [0.3, 0.4) is 0 Å². The van der Waals surface area contributed by atoms with E-state index in [2.05, 4.69) is 14.9 Å². The van der Waals surface area contributed by atoms with Gasteiger partial charge < -0.3 is 9.64 Å². The van der Waals surface area contributed by atoms with Crippen LogP contribution in [0.25, 0.3) is 0 Å². The molecule has 6 nitrogen and oxygen atoms in total. The Kier molecular flexibility index (Phi) is 6.28. The molecule has 0 bridgehead atoms. The minimum atomic E-state index is -0.492. The number of piperidine rings is 1. The fourth-order valence-electron chi connectivity index (χ4n) is 2.69. The van der Waals surface area contributed by atoms with Crippen LogP contribution in [0, 0.1) is 0 Å². The third-order valence-corrected chi connectivity index (χ3v) is 4.40. The van der Waals surface area contributed by atoms with E-state index in [0.29, 0.717) is 11.7 Å². The van der Waals surface area contributed by atoms with Gasteiger partial charge >= 0.3 is 6.09 Å². The highest BCUT2D eigenvalue weighted by Crippen LogP contribution is 2.22. The molecular formula is C16H24Cl2N4O2. The zero-order chi connectivity index (χ0) is 17.9. The van der Waals surface area contributed by atoms with Crippen LogP contribution in [0.15, 0.2) is 6.20 Å². The summed E-state index contributed by atoms with van der Waals surface area (Å²) >= 11 is 11.9. The summed E-state index contributed by atoms with van der Waals surface area (Å²) in [4.78, 5) is 24.1. The first-order chi connectivity index (χ1) is 11.2. The van der Waals surface area contributed by atoms with Crippen molar-refractivity contribution in [1.29, 1.82) is 0 Å². The van der Waals surface area contributed by atoms with E-state index in [1.807, 2.05) is 20.8 Å². The van der Waals surface area contributed by atoms with E-state index in [-0.39, 0.29) is 17.4 Å². The van der Waals surface area contributed by atoms with E-state index in [4.69, 9.17) is 27.9 Å². The maximum Gasteiger partial charge on any atom is 0.410 e. The predicted molar refractivity (Wildman–Crippen MR) is 94.3 cm³/mol. The summed E-state index contributed by atoms with van der Waals surface area (Å²) in [7, 11) is 1.79. The van der Waals surface area contributed by atoms with E-state index in [1.54, 1.807) is 18.1 Å². The predicted octanol–water partition coefficient (Wildman–Crippen LogP) is 3.61. The normalized spacial score (nSPS) is 19.2. The number of hydrogen-bond acceptors (Lipinski definition) is 5. The summed E-state index contributed by atoms with van der Waals surface area (Å²) in [5, 5.41) is 0.516. The lowest BCUT2D eigenvalue weighted by Gasteiger charge is -2.38. The number of rotatable bonds is 3. The van der Waals surface area contributed by atoms with Gasteiger partial charge in [-0.1, -0.05) is 11.6 Å². The molecule has 1 aromatic rings. The fourth-order valence-corrected chi connectivity index (χ4v) is 3.05. The second-order valence-electron chi connectivity index (χ2n) is 7.08. The van der Waals surface area contributed by atoms with Gasteiger partial charge in [0.1, 0.15) is 10.8 Å². The van der Waals surface area contributed by atoms with Gasteiger partial charge in [-0.2, -0.15) is 0 Å². The number of carbonyl (C=O) groups is 1. The maximum absolute atomic E-state index is 12.2. The molecule has 1 aromatic heterocycles. The average molecular weight is 375 g/mol. The maximum atomic E-state index is 12.2. The monoisotopic (exact) mass is 374 g/mol. The number of amides is 1. The average Bonchev–Trinajstić information content (AvgIpc) is 2.48. The second-order valence-corrected chi connectivity index (χ2v) is 7.77. The first-order valence-electron chi connectivity index (χ1n) is 8.01. The zero-order valence-electron chi connectivity index (χ0n) is 14.6. The molecule has 8 heteroatoms. The van der Waals surface area contributed by atoms with E-state index >= 15 is 0 Å². The number of likely N-dealkylation sites (tertiary alicyclic amines) is 1. The van der Waals surface area contributed by atoms with E-state index in [9.17, 15) is 4.79 Å². The lowest BCUT2D eigenvalue weighted by Crippen LogP contribution is -2.49. The summed E-state index contributed by atoms with van der Waals surface area (Å²) in [6, 6.07) is 0.112. The molecule has 1 amide bonds. The van der Waals surface area contributed by atoms with Crippen molar-refractivity contribution in [2.24, 2.45) is 0 Å². The van der Waals surface area contributed by atoms with Crippen molar-refractivity contribution < 1.29 is 9.53 Å². The van der Waals surface area contributed by atoms with Crippen molar-refractivity contribution in [2.75, 3.05) is 20.1 Å². The molecule has 1 unspecified atom stereocenters. The number of ether oxygens (including phenoxy) is 1. The van der Waals surface area contributed by atoms with Gasteiger partial charge in [0, 0.05) is 37.9 Å². The van der Waals surface area contributed by atoms with E-state index in [1.165, 1.54) is 0 Å². The Morgan fingerprint density at radius 3 is 2.79 bits per heavy atom. The third-order valence-electron chi connectivity index (χ3n) is 3.89. The molecule has 0 spiro atoms. The van der Waals surface area contributed by atoms with Crippen molar-refractivity contribution in [2.45, 2.75) is 51.8 Å². The molecule has 1 atom stereocenters. The molecule has 2 rings (SSSR count). The molecule has 0 radical (unpaired) electrons. The van der Waals surface area contributed by atoms with Crippen LogP contribution in [-0.2, 0) is 11.3 Å². The van der Waals surface area contributed by atoms with Gasteiger partial charge in [0.2, 0.25) is 5.28 Å². The van der Waals surface area contributed by atoms with Crippen LogP contribution < -0.4 is 0 Å². The van der Waals surface area contributed by atoms with Crippen LogP contribution in [0.5, 0.6) is 0 Å². The summed E-state index contributed by atoms with van der Waals surface area (Å²) < 4.78 is 5.45. The highest BCUT2D eigenvalue weighted by molar-refractivity contribution is 6.32. The highest BCUT2D eigenvalue weighted by Gasteiger charge is 2.29. The van der Waals surface area contributed by atoms with Crippen molar-refractivity contribution >= 4 is 29.3 Å². The van der Waals surface area contributed by atoms with Gasteiger partial charge in [0.15, 0.2) is 0 Å². The number of nitrogens with zero attached hydrogens (tertiary/aromatic N) is 4. The smallest absolute Gasteiger partial charge is 0.410 e. The van der Waals surface area contributed by atoms with Gasteiger partial charge in [-0.15, -0.1) is 0 Å².